The lowest BCUT2D eigenvalue weighted by atomic mass is 9.64. The molecule has 0 spiro atoms. The highest BCUT2D eigenvalue weighted by atomic mass is 16.3. The molecule has 2 heterocycles. The molecule has 142 valence electrons. The Balaban J connectivity index is 1.34. The molecule has 4 aliphatic rings. The number of carbonyl (C=O) groups excluding carboxylic acids is 1. The van der Waals surface area contributed by atoms with Crippen molar-refractivity contribution in [1.29, 1.82) is 0 Å². The van der Waals surface area contributed by atoms with Crippen LogP contribution < -0.4 is 4.90 Å². The molecule has 1 aromatic carbocycles. The maximum Gasteiger partial charge on any atom is 0.204 e. The maximum absolute atomic E-state index is 13.7. The molecule has 1 aromatic heterocycles. The van der Waals surface area contributed by atoms with Crippen molar-refractivity contribution in [3.8, 4) is 0 Å². The van der Waals surface area contributed by atoms with Crippen LogP contribution in [0.5, 0.6) is 0 Å². The molecule has 27 heavy (non-hydrogen) atoms. The van der Waals surface area contributed by atoms with Crippen LogP contribution in [0.15, 0.2) is 28.7 Å². The van der Waals surface area contributed by atoms with E-state index in [2.05, 4.69) is 23.1 Å². The summed E-state index contributed by atoms with van der Waals surface area (Å²) in [6.45, 7) is 2.26. The highest BCUT2D eigenvalue weighted by Gasteiger charge is 2.53. The van der Waals surface area contributed by atoms with Crippen LogP contribution in [0.2, 0.25) is 0 Å². The second kappa shape index (κ2) is 5.86. The normalized spacial score (nSPS) is 35.1. The molecule has 1 saturated heterocycles. The maximum atomic E-state index is 13.7. The van der Waals surface area contributed by atoms with E-state index in [1.165, 1.54) is 44.2 Å². The lowest BCUT2D eigenvalue weighted by molar-refractivity contribution is 0.0582. The van der Waals surface area contributed by atoms with Crippen LogP contribution in [0, 0.1) is 23.2 Å². The third-order valence-corrected chi connectivity index (χ3v) is 8.18. The van der Waals surface area contributed by atoms with Crippen LogP contribution >= 0.6 is 0 Å². The number of hydrogen-bond donors (Lipinski definition) is 0. The molecule has 2 aromatic rings. The van der Waals surface area contributed by atoms with E-state index >= 15 is 0 Å². The molecule has 3 nitrogen and oxygen atoms in total. The van der Waals surface area contributed by atoms with Gasteiger partial charge in [0.2, 0.25) is 5.78 Å². The Morgan fingerprint density at radius 2 is 1.89 bits per heavy atom. The number of ketones is 1. The largest absolute Gasteiger partial charge is 0.453 e. The van der Waals surface area contributed by atoms with Gasteiger partial charge in [-0.25, -0.2) is 0 Å². The molecule has 0 N–H and O–H groups in total. The number of furan rings is 1. The van der Waals surface area contributed by atoms with Gasteiger partial charge < -0.3 is 9.32 Å². The van der Waals surface area contributed by atoms with Gasteiger partial charge in [-0.2, -0.15) is 0 Å². The third kappa shape index (κ3) is 2.50. The molecule has 4 fully saturated rings. The van der Waals surface area contributed by atoms with Gasteiger partial charge >= 0.3 is 0 Å². The van der Waals surface area contributed by atoms with Crippen molar-refractivity contribution in [2.45, 2.75) is 57.8 Å². The minimum Gasteiger partial charge on any atom is -0.453 e. The summed E-state index contributed by atoms with van der Waals surface area (Å²) < 4.78 is 6.18. The predicted molar refractivity (Wildman–Crippen MR) is 107 cm³/mol. The second-order valence-corrected chi connectivity index (χ2v) is 9.79. The number of nitrogens with zero attached hydrogens (tertiary/aromatic N) is 1. The molecule has 3 aliphatic carbocycles. The zero-order chi connectivity index (χ0) is 18.0. The number of rotatable bonds is 3. The Bertz CT molecular complexity index is 893. The Labute approximate surface area is 161 Å². The van der Waals surface area contributed by atoms with E-state index in [0.29, 0.717) is 11.5 Å². The van der Waals surface area contributed by atoms with Crippen LogP contribution in [0.25, 0.3) is 11.0 Å². The monoisotopic (exact) mass is 363 g/mol. The van der Waals surface area contributed by atoms with E-state index in [9.17, 15) is 4.79 Å². The van der Waals surface area contributed by atoms with Crippen molar-refractivity contribution in [2.24, 2.45) is 23.2 Å². The molecule has 4 atom stereocenters. The first kappa shape index (κ1) is 16.2. The van der Waals surface area contributed by atoms with Crippen molar-refractivity contribution in [3.63, 3.8) is 0 Å². The van der Waals surface area contributed by atoms with Crippen molar-refractivity contribution in [2.75, 3.05) is 18.0 Å². The summed E-state index contributed by atoms with van der Waals surface area (Å²) in [6.07, 6.45) is 11.1. The molecule has 3 bridgehead atoms. The van der Waals surface area contributed by atoms with Crippen molar-refractivity contribution in [1.82, 2.24) is 0 Å². The van der Waals surface area contributed by atoms with E-state index in [1.807, 2.05) is 6.07 Å². The zero-order valence-electron chi connectivity index (χ0n) is 16.1. The summed E-state index contributed by atoms with van der Waals surface area (Å²) in [7, 11) is 0. The van der Waals surface area contributed by atoms with Gasteiger partial charge in [0.05, 0.1) is 0 Å². The Morgan fingerprint density at radius 3 is 2.78 bits per heavy atom. The molecule has 0 amide bonds. The Morgan fingerprint density at radius 1 is 1.04 bits per heavy atom. The van der Waals surface area contributed by atoms with Crippen LogP contribution in [-0.4, -0.2) is 18.9 Å². The molecule has 6 rings (SSSR count). The number of Topliss-reactive ketones (excluding diaryl/α,β-unsaturated/α-hetero) is 1. The molecular weight excluding hydrogens is 334 g/mol. The predicted octanol–water partition coefficient (Wildman–Crippen LogP) is 5.82. The molecule has 4 unspecified atom stereocenters. The number of anilines is 1. The fraction of sp³-hybridized carbons (Fsp3) is 0.625. The van der Waals surface area contributed by atoms with Crippen LogP contribution in [0.1, 0.15) is 68.3 Å². The lowest BCUT2D eigenvalue weighted by Crippen LogP contribution is -2.36. The van der Waals surface area contributed by atoms with E-state index < -0.39 is 0 Å². The van der Waals surface area contributed by atoms with Crippen molar-refractivity contribution < 1.29 is 9.21 Å². The Kier molecular flexibility index (Phi) is 3.52. The summed E-state index contributed by atoms with van der Waals surface area (Å²) in [5.41, 5.74) is 1.98. The standard InChI is InChI=1S/C24H29NO2/c26-23(24-7-3-4-17-10-16(14-24)11-19(17)15-24)22-12-18-5-6-20(13-21(18)27-22)25-8-1-2-9-25/h5-6,12-13,16-17,19H,1-4,7-11,14-15H2. The second-order valence-electron chi connectivity index (χ2n) is 9.79. The summed E-state index contributed by atoms with van der Waals surface area (Å²) >= 11 is 0. The van der Waals surface area contributed by atoms with E-state index in [0.717, 1.165) is 61.1 Å². The van der Waals surface area contributed by atoms with Crippen LogP contribution in [-0.2, 0) is 0 Å². The van der Waals surface area contributed by atoms with E-state index in [1.54, 1.807) is 0 Å². The summed E-state index contributed by atoms with van der Waals surface area (Å²) in [5.74, 6) is 3.39. The quantitative estimate of drug-likeness (QED) is 0.644. The average Bonchev–Trinajstić information content (AvgIpc) is 3.37. The van der Waals surface area contributed by atoms with E-state index in [-0.39, 0.29) is 5.41 Å². The average molecular weight is 364 g/mol. The first-order chi connectivity index (χ1) is 13.2. The fourth-order valence-electron chi connectivity index (χ4n) is 7.02. The molecule has 0 radical (unpaired) electrons. The topological polar surface area (TPSA) is 33.5 Å². The number of carbonyl (C=O) groups is 1. The summed E-state index contributed by atoms with van der Waals surface area (Å²) in [5, 5.41) is 1.07. The van der Waals surface area contributed by atoms with Gasteiger partial charge in [-0.15, -0.1) is 0 Å². The molecule has 3 heteroatoms. The zero-order valence-corrected chi connectivity index (χ0v) is 16.1. The van der Waals surface area contributed by atoms with Gasteiger partial charge in [0.25, 0.3) is 0 Å². The van der Waals surface area contributed by atoms with Crippen LogP contribution in [0.4, 0.5) is 5.69 Å². The number of hydrogen-bond acceptors (Lipinski definition) is 3. The molecule has 3 saturated carbocycles. The first-order valence-electron chi connectivity index (χ1n) is 11.0. The Hall–Kier alpha value is -1.77. The van der Waals surface area contributed by atoms with Gasteiger partial charge in [-0.1, -0.05) is 12.8 Å². The number of fused-ring (bicyclic) bond motifs is 3. The van der Waals surface area contributed by atoms with Crippen molar-refractivity contribution >= 4 is 22.4 Å². The SMILES string of the molecule is O=C(c1cc2ccc(N3CCCC3)cc2o1)C12CCCC3CC(CC3C1)C2. The fourth-order valence-corrected chi connectivity index (χ4v) is 7.02. The minimum absolute atomic E-state index is 0.134. The van der Waals surface area contributed by atoms with Gasteiger partial charge in [-0.05, 0) is 80.9 Å². The van der Waals surface area contributed by atoms with Crippen molar-refractivity contribution in [3.05, 3.63) is 30.0 Å². The minimum atomic E-state index is -0.134. The molecular formula is C24H29NO2. The smallest absolute Gasteiger partial charge is 0.204 e. The number of benzene rings is 1. The highest BCUT2D eigenvalue weighted by Crippen LogP contribution is 2.59. The lowest BCUT2D eigenvalue weighted by Gasteiger charge is -2.38. The third-order valence-electron chi connectivity index (χ3n) is 8.18. The van der Waals surface area contributed by atoms with Gasteiger partial charge in [0, 0.05) is 35.6 Å². The molecule has 1 aliphatic heterocycles. The summed E-state index contributed by atoms with van der Waals surface area (Å²) in [4.78, 5) is 16.1. The van der Waals surface area contributed by atoms with Gasteiger partial charge in [0.15, 0.2) is 5.76 Å². The van der Waals surface area contributed by atoms with Gasteiger partial charge in [-0.3, -0.25) is 4.79 Å². The highest BCUT2D eigenvalue weighted by molar-refractivity contribution is 6.01. The van der Waals surface area contributed by atoms with Crippen LogP contribution in [0.3, 0.4) is 0 Å². The first-order valence-corrected chi connectivity index (χ1v) is 11.0. The summed E-state index contributed by atoms with van der Waals surface area (Å²) in [6, 6.07) is 8.48. The van der Waals surface area contributed by atoms with Gasteiger partial charge in [0.1, 0.15) is 5.58 Å². The van der Waals surface area contributed by atoms with E-state index in [4.69, 9.17) is 4.42 Å².